The predicted octanol–water partition coefficient (Wildman–Crippen LogP) is 4.17. The van der Waals surface area contributed by atoms with Crippen molar-refractivity contribution >= 4 is 18.1 Å². The number of rotatable bonds is 3. The van der Waals surface area contributed by atoms with Crippen LogP contribution in [0.25, 0.3) is 0 Å². The Labute approximate surface area is 161 Å². The minimum Gasteiger partial charge on any atom is -0.457 e. The van der Waals surface area contributed by atoms with Crippen molar-refractivity contribution in [2.45, 2.75) is 25.4 Å². The maximum atomic E-state index is 6.11. The molecule has 0 bridgehead atoms. The second kappa shape index (κ2) is 8.30. The smallest absolute Gasteiger partial charge is 0.129 e. The summed E-state index contributed by atoms with van der Waals surface area (Å²) >= 11 is 0. The third kappa shape index (κ3) is 4.14. The largest absolute Gasteiger partial charge is 0.457 e. The van der Waals surface area contributed by atoms with Crippen LogP contribution in [0.1, 0.15) is 18.4 Å². The Morgan fingerprint density at radius 3 is 2.50 bits per heavy atom. The number of ether oxygens (including phenoxy) is 2. The van der Waals surface area contributed by atoms with Crippen molar-refractivity contribution in [3.05, 3.63) is 54.1 Å². The number of aryl methyl sites for hydroxylation is 1. The Hall–Kier alpha value is -1.75. The molecular weight excluding hydrogens is 348 g/mol. The second-order valence-electron chi connectivity index (χ2n) is 7.06. The van der Waals surface area contributed by atoms with E-state index < -0.39 is 0 Å². The number of piperidine rings is 1. The van der Waals surface area contributed by atoms with E-state index in [1.165, 1.54) is 11.3 Å². The number of nitrogens with zero attached hydrogens (tertiary/aromatic N) is 1. The van der Waals surface area contributed by atoms with Crippen LogP contribution in [0, 0.1) is 6.92 Å². The topological polar surface area (TPSA) is 33.7 Å². The first-order chi connectivity index (χ1) is 12.2. The molecule has 2 aliphatic heterocycles. The molecule has 0 aliphatic carbocycles. The maximum absolute atomic E-state index is 6.11. The fraction of sp³-hybridized carbons (Fsp3) is 0.429. The van der Waals surface area contributed by atoms with Gasteiger partial charge < -0.3 is 19.7 Å². The molecule has 5 heteroatoms. The number of hydrogen-bond acceptors (Lipinski definition) is 4. The molecule has 4 rings (SSSR count). The predicted molar refractivity (Wildman–Crippen MR) is 108 cm³/mol. The van der Waals surface area contributed by atoms with Crippen molar-refractivity contribution in [2.24, 2.45) is 0 Å². The lowest BCUT2D eigenvalue weighted by atomic mass is 9.89. The summed E-state index contributed by atoms with van der Waals surface area (Å²) in [6.07, 6.45) is 2.15. The monoisotopic (exact) mass is 374 g/mol. The van der Waals surface area contributed by atoms with Crippen LogP contribution < -0.4 is 15.0 Å². The molecule has 4 nitrogen and oxygen atoms in total. The van der Waals surface area contributed by atoms with Gasteiger partial charge in [0.2, 0.25) is 0 Å². The van der Waals surface area contributed by atoms with Crippen LogP contribution in [0.3, 0.4) is 0 Å². The number of para-hydroxylation sites is 1. The summed E-state index contributed by atoms with van der Waals surface area (Å²) in [4.78, 5) is 2.47. The van der Waals surface area contributed by atoms with Gasteiger partial charge in [-0.3, -0.25) is 0 Å². The minimum absolute atomic E-state index is 0. The Morgan fingerprint density at radius 2 is 1.81 bits per heavy atom. The van der Waals surface area contributed by atoms with E-state index in [9.17, 15) is 0 Å². The number of nitrogens with one attached hydrogen (secondary N) is 1. The van der Waals surface area contributed by atoms with E-state index in [1.807, 2.05) is 36.4 Å². The number of morpholine rings is 1. The summed E-state index contributed by atoms with van der Waals surface area (Å²) in [5.74, 6) is 1.76. The molecule has 0 unspecified atom stereocenters. The molecule has 26 heavy (non-hydrogen) atoms. The zero-order valence-electron chi connectivity index (χ0n) is 15.2. The summed E-state index contributed by atoms with van der Waals surface area (Å²) in [6, 6.07) is 16.3. The summed E-state index contributed by atoms with van der Waals surface area (Å²) in [5, 5.41) is 3.48. The quantitative estimate of drug-likeness (QED) is 0.874. The van der Waals surface area contributed by atoms with Crippen LogP contribution in [0.4, 0.5) is 5.69 Å². The van der Waals surface area contributed by atoms with Gasteiger partial charge in [-0.25, -0.2) is 0 Å². The van der Waals surface area contributed by atoms with E-state index in [-0.39, 0.29) is 18.0 Å². The van der Waals surface area contributed by atoms with Gasteiger partial charge in [-0.05, 0) is 43.5 Å². The van der Waals surface area contributed by atoms with E-state index in [0.717, 1.165) is 57.1 Å². The number of benzene rings is 2. The van der Waals surface area contributed by atoms with Crippen LogP contribution in [0.15, 0.2) is 48.5 Å². The molecule has 2 aromatic carbocycles. The Kier molecular flexibility index (Phi) is 6.07. The Bertz CT molecular complexity index is 707. The molecule has 2 aliphatic rings. The average molecular weight is 375 g/mol. The van der Waals surface area contributed by atoms with Gasteiger partial charge in [0.25, 0.3) is 0 Å². The molecule has 0 saturated carbocycles. The van der Waals surface area contributed by atoms with Gasteiger partial charge in [-0.1, -0.05) is 24.3 Å². The standard InChI is InChI=1S/C21H26N2O2.ClH/c1-17-7-8-19(25-18-5-3-2-4-6-18)15-20(17)23-12-9-21(10-13-23)16-22-11-14-24-21;/h2-8,15,22H,9-14,16H2,1H3;1H. The number of anilines is 1. The van der Waals surface area contributed by atoms with E-state index in [2.05, 4.69) is 29.3 Å². The van der Waals surface area contributed by atoms with Gasteiger partial charge in [-0.2, -0.15) is 0 Å². The van der Waals surface area contributed by atoms with Crippen LogP contribution >= 0.6 is 12.4 Å². The molecular formula is C21H27ClN2O2. The summed E-state index contributed by atoms with van der Waals surface area (Å²) < 4.78 is 12.1. The number of halogens is 1. The van der Waals surface area contributed by atoms with Crippen molar-refractivity contribution in [2.75, 3.05) is 37.7 Å². The third-order valence-electron chi connectivity index (χ3n) is 5.31. The van der Waals surface area contributed by atoms with Gasteiger partial charge in [0, 0.05) is 37.9 Å². The van der Waals surface area contributed by atoms with Gasteiger partial charge in [0.05, 0.1) is 12.2 Å². The van der Waals surface area contributed by atoms with Crippen molar-refractivity contribution < 1.29 is 9.47 Å². The highest BCUT2D eigenvalue weighted by Crippen LogP contribution is 2.34. The van der Waals surface area contributed by atoms with Gasteiger partial charge >= 0.3 is 0 Å². The summed E-state index contributed by atoms with van der Waals surface area (Å²) in [5.41, 5.74) is 2.60. The van der Waals surface area contributed by atoms with Crippen molar-refractivity contribution in [1.82, 2.24) is 5.32 Å². The molecule has 0 radical (unpaired) electrons. The van der Waals surface area contributed by atoms with Crippen molar-refractivity contribution in [3.63, 3.8) is 0 Å². The summed E-state index contributed by atoms with van der Waals surface area (Å²) in [7, 11) is 0. The lowest BCUT2D eigenvalue weighted by Crippen LogP contribution is -2.55. The van der Waals surface area contributed by atoms with E-state index in [4.69, 9.17) is 9.47 Å². The first-order valence-electron chi connectivity index (χ1n) is 9.17. The van der Waals surface area contributed by atoms with Crippen molar-refractivity contribution in [1.29, 1.82) is 0 Å². The molecule has 1 spiro atoms. The first-order valence-corrected chi connectivity index (χ1v) is 9.17. The second-order valence-corrected chi connectivity index (χ2v) is 7.06. The van der Waals surface area contributed by atoms with E-state index >= 15 is 0 Å². The molecule has 0 amide bonds. The Morgan fingerprint density at radius 1 is 1.04 bits per heavy atom. The molecule has 2 saturated heterocycles. The maximum Gasteiger partial charge on any atom is 0.129 e. The molecule has 0 aromatic heterocycles. The third-order valence-corrected chi connectivity index (χ3v) is 5.31. The fourth-order valence-corrected chi connectivity index (χ4v) is 3.80. The van der Waals surface area contributed by atoms with E-state index in [0.29, 0.717) is 0 Å². The Balaban J connectivity index is 0.00000196. The lowest BCUT2D eigenvalue weighted by Gasteiger charge is -2.45. The first kappa shape index (κ1) is 19.0. The van der Waals surface area contributed by atoms with Gasteiger partial charge in [0.1, 0.15) is 11.5 Å². The van der Waals surface area contributed by atoms with Crippen LogP contribution in [0.5, 0.6) is 11.5 Å². The zero-order valence-corrected chi connectivity index (χ0v) is 16.1. The molecule has 140 valence electrons. The van der Waals surface area contributed by atoms with Crippen LogP contribution in [-0.4, -0.2) is 38.4 Å². The SMILES string of the molecule is Cc1ccc(Oc2ccccc2)cc1N1CCC2(CC1)CNCCO2.Cl. The summed E-state index contributed by atoms with van der Waals surface area (Å²) in [6.45, 7) is 7.01. The molecule has 1 N–H and O–H groups in total. The van der Waals surface area contributed by atoms with Gasteiger partial charge in [0.15, 0.2) is 0 Å². The van der Waals surface area contributed by atoms with Crippen molar-refractivity contribution in [3.8, 4) is 11.5 Å². The average Bonchev–Trinajstić information content (AvgIpc) is 2.66. The number of hydrogen-bond donors (Lipinski definition) is 1. The highest BCUT2D eigenvalue weighted by Gasteiger charge is 2.37. The molecule has 0 atom stereocenters. The normalized spacial score (nSPS) is 19.0. The van der Waals surface area contributed by atoms with Gasteiger partial charge in [-0.15, -0.1) is 12.4 Å². The van der Waals surface area contributed by atoms with Crippen LogP contribution in [0.2, 0.25) is 0 Å². The highest BCUT2D eigenvalue weighted by molar-refractivity contribution is 5.85. The molecule has 2 heterocycles. The van der Waals surface area contributed by atoms with Crippen LogP contribution in [-0.2, 0) is 4.74 Å². The zero-order chi connectivity index (χ0) is 17.1. The van der Waals surface area contributed by atoms with E-state index in [1.54, 1.807) is 0 Å². The molecule has 2 fully saturated rings. The minimum atomic E-state index is 0. The lowest BCUT2D eigenvalue weighted by molar-refractivity contribution is -0.0799. The fourth-order valence-electron chi connectivity index (χ4n) is 3.80. The molecule has 2 aromatic rings. The highest BCUT2D eigenvalue weighted by atomic mass is 35.5.